The average molecular weight is 207 g/mol. The highest BCUT2D eigenvalue weighted by Gasteiger charge is 2.08. The summed E-state index contributed by atoms with van der Waals surface area (Å²) in [5.41, 5.74) is 0.854. The van der Waals surface area contributed by atoms with E-state index in [2.05, 4.69) is 15.1 Å². The smallest absolute Gasteiger partial charge is 0.227 e. The van der Waals surface area contributed by atoms with E-state index >= 15 is 0 Å². The second kappa shape index (κ2) is 4.75. The number of aromatic nitrogens is 3. The van der Waals surface area contributed by atoms with Crippen LogP contribution in [0.15, 0.2) is 22.9 Å². The van der Waals surface area contributed by atoms with Gasteiger partial charge in [-0.3, -0.25) is 0 Å². The first kappa shape index (κ1) is 9.92. The molecule has 0 aliphatic heterocycles. The van der Waals surface area contributed by atoms with Crippen molar-refractivity contribution >= 4 is 0 Å². The third-order valence-electron chi connectivity index (χ3n) is 2.11. The zero-order chi connectivity index (χ0) is 10.5. The molecule has 2 rings (SSSR count). The minimum atomic E-state index is 0.206. The van der Waals surface area contributed by atoms with Crippen molar-refractivity contribution in [3.05, 3.63) is 24.2 Å². The number of aromatic amines is 1. The predicted molar refractivity (Wildman–Crippen MR) is 54.1 cm³/mol. The lowest BCUT2D eigenvalue weighted by Crippen LogP contribution is -1.88. The van der Waals surface area contributed by atoms with E-state index in [1.165, 1.54) is 0 Å². The van der Waals surface area contributed by atoms with Gasteiger partial charge in [-0.15, -0.1) is 0 Å². The van der Waals surface area contributed by atoms with Crippen LogP contribution in [0.1, 0.15) is 18.7 Å². The second-order valence-electron chi connectivity index (χ2n) is 3.28. The van der Waals surface area contributed by atoms with Crippen molar-refractivity contribution in [1.82, 2.24) is 15.1 Å². The molecule has 0 aromatic carbocycles. The molecule has 80 valence electrons. The quantitative estimate of drug-likeness (QED) is 0.726. The summed E-state index contributed by atoms with van der Waals surface area (Å²) >= 11 is 0. The van der Waals surface area contributed by atoms with E-state index in [1.54, 1.807) is 0 Å². The summed E-state index contributed by atoms with van der Waals surface area (Å²) in [7, 11) is 0. The Morgan fingerprint density at radius 1 is 1.40 bits per heavy atom. The monoisotopic (exact) mass is 207 g/mol. The van der Waals surface area contributed by atoms with Gasteiger partial charge in [0.1, 0.15) is 0 Å². The van der Waals surface area contributed by atoms with Crippen LogP contribution in [0, 0.1) is 0 Å². The molecule has 2 N–H and O–H groups in total. The number of unbranched alkanes of at least 4 members (excludes halogenated alkanes) is 1. The number of nitrogens with zero attached hydrogens (tertiary/aromatic N) is 2. The van der Waals surface area contributed by atoms with Gasteiger partial charge in [-0.25, -0.2) is 0 Å². The Labute approximate surface area is 87.1 Å². The van der Waals surface area contributed by atoms with Crippen LogP contribution >= 0.6 is 0 Å². The van der Waals surface area contributed by atoms with Crippen molar-refractivity contribution in [1.29, 1.82) is 0 Å². The van der Waals surface area contributed by atoms with Gasteiger partial charge in [0.15, 0.2) is 0 Å². The molecule has 15 heavy (non-hydrogen) atoms. The van der Waals surface area contributed by atoms with Crippen LogP contribution < -0.4 is 0 Å². The van der Waals surface area contributed by atoms with Gasteiger partial charge in [0, 0.05) is 19.2 Å². The second-order valence-corrected chi connectivity index (χ2v) is 3.28. The largest absolute Gasteiger partial charge is 0.396 e. The zero-order valence-corrected chi connectivity index (χ0v) is 8.31. The Hall–Kier alpha value is -1.62. The van der Waals surface area contributed by atoms with Gasteiger partial charge in [0.25, 0.3) is 0 Å². The molecule has 2 aromatic rings. The molecule has 0 fully saturated rings. The van der Waals surface area contributed by atoms with Crippen molar-refractivity contribution in [3.63, 3.8) is 0 Å². The Bertz CT molecular complexity index is 394. The van der Waals surface area contributed by atoms with E-state index in [1.807, 2.05) is 18.3 Å². The highest BCUT2D eigenvalue weighted by atomic mass is 16.5. The maximum Gasteiger partial charge on any atom is 0.227 e. The van der Waals surface area contributed by atoms with Crippen LogP contribution in [0.5, 0.6) is 0 Å². The first-order valence-corrected chi connectivity index (χ1v) is 4.97. The summed E-state index contributed by atoms with van der Waals surface area (Å²) in [6, 6.07) is 3.78. The molecule has 0 aliphatic rings. The van der Waals surface area contributed by atoms with Crippen LogP contribution in [0.2, 0.25) is 0 Å². The number of hydrogen-bond acceptors (Lipinski definition) is 4. The Kier molecular flexibility index (Phi) is 3.14. The predicted octanol–water partition coefficient (Wildman–Crippen LogP) is 1.38. The van der Waals surface area contributed by atoms with Crippen LogP contribution in [-0.4, -0.2) is 26.8 Å². The summed E-state index contributed by atoms with van der Waals surface area (Å²) in [5.74, 6) is 1.20. The fourth-order valence-electron chi connectivity index (χ4n) is 1.32. The van der Waals surface area contributed by atoms with E-state index < -0.39 is 0 Å². The van der Waals surface area contributed by atoms with Crippen molar-refractivity contribution in [2.75, 3.05) is 6.61 Å². The lowest BCUT2D eigenvalue weighted by Gasteiger charge is -1.91. The van der Waals surface area contributed by atoms with E-state index in [0.29, 0.717) is 18.1 Å². The minimum Gasteiger partial charge on any atom is -0.396 e. The molecule has 2 aromatic heterocycles. The molecule has 0 saturated heterocycles. The summed E-state index contributed by atoms with van der Waals surface area (Å²) in [6.07, 6.45) is 4.16. The molecule has 0 amide bonds. The molecule has 2 heterocycles. The number of aliphatic hydroxyl groups excluding tert-OH is 1. The van der Waals surface area contributed by atoms with Crippen LogP contribution in [0.4, 0.5) is 0 Å². The normalized spacial score (nSPS) is 10.7. The summed E-state index contributed by atoms with van der Waals surface area (Å²) < 4.78 is 5.07. The lowest BCUT2D eigenvalue weighted by molar-refractivity contribution is 0.281. The maximum absolute atomic E-state index is 8.63. The minimum absolute atomic E-state index is 0.206. The Balaban J connectivity index is 1.98. The van der Waals surface area contributed by atoms with Gasteiger partial charge < -0.3 is 14.6 Å². The number of aliphatic hydroxyl groups is 1. The van der Waals surface area contributed by atoms with Gasteiger partial charge in [0.2, 0.25) is 11.7 Å². The first-order chi connectivity index (χ1) is 7.40. The molecule has 5 heteroatoms. The molecular formula is C10H13N3O2. The standard InChI is InChI=1S/C10H13N3O2/c14-7-2-1-5-9-12-10(13-15-9)8-4-3-6-11-8/h3-4,6,11,14H,1-2,5,7H2. The fourth-order valence-corrected chi connectivity index (χ4v) is 1.32. The third-order valence-corrected chi connectivity index (χ3v) is 2.11. The zero-order valence-electron chi connectivity index (χ0n) is 8.31. The van der Waals surface area contributed by atoms with Gasteiger partial charge in [-0.2, -0.15) is 4.98 Å². The summed E-state index contributed by atoms with van der Waals surface area (Å²) in [6.45, 7) is 0.206. The van der Waals surface area contributed by atoms with E-state index in [9.17, 15) is 0 Å². The van der Waals surface area contributed by atoms with Crippen LogP contribution in [0.25, 0.3) is 11.5 Å². The number of nitrogens with one attached hydrogen (secondary N) is 1. The molecule has 0 unspecified atom stereocenters. The van der Waals surface area contributed by atoms with Gasteiger partial charge in [0.05, 0.1) is 5.69 Å². The summed E-state index contributed by atoms with van der Waals surface area (Å²) in [5, 5.41) is 12.5. The fraction of sp³-hybridized carbons (Fsp3) is 0.400. The van der Waals surface area contributed by atoms with Gasteiger partial charge in [-0.1, -0.05) is 5.16 Å². The Morgan fingerprint density at radius 3 is 3.07 bits per heavy atom. The maximum atomic E-state index is 8.63. The van der Waals surface area contributed by atoms with Crippen molar-refractivity contribution < 1.29 is 9.63 Å². The van der Waals surface area contributed by atoms with E-state index in [-0.39, 0.29) is 6.61 Å². The van der Waals surface area contributed by atoms with Crippen molar-refractivity contribution in [2.45, 2.75) is 19.3 Å². The topological polar surface area (TPSA) is 74.9 Å². The third kappa shape index (κ3) is 2.44. The van der Waals surface area contributed by atoms with Crippen LogP contribution in [-0.2, 0) is 6.42 Å². The van der Waals surface area contributed by atoms with Gasteiger partial charge >= 0.3 is 0 Å². The van der Waals surface area contributed by atoms with Crippen molar-refractivity contribution in [3.8, 4) is 11.5 Å². The van der Waals surface area contributed by atoms with E-state index in [0.717, 1.165) is 18.5 Å². The molecule has 0 saturated carbocycles. The highest BCUT2D eigenvalue weighted by molar-refractivity contribution is 5.47. The number of rotatable bonds is 5. The highest BCUT2D eigenvalue weighted by Crippen LogP contribution is 2.13. The molecule has 5 nitrogen and oxygen atoms in total. The molecule has 0 radical (unpaired) electrons. The molecule has 0 spiro atoms. The molecule has 0 aliphatic carbocycles. The summed E-state index contributed by atoms with van der Waals surface area (Å²) in [4.78, 5) is 7.24. The molecule has 0 atom stereocenters. The van der Waals surface area contributed by atoms with E-state index in [4.69, 9.17) is 9.63 Å². The number of H-pyrrole nitrogens is 1. The number of hydrogen-bond donors (Lipinski definition) is 2. The van der Waals surface area contributed by atoms with Crippen molar-refractivity contribution in [2.24, 2.45) is 0 Å². The lowest BCUT2D eigenvalue weighted by atomic mass is 10.2. The molecule has 0 bridgehead atoms. The average Bonchev–Trinajstić information content (AvgIpc) is 2.87. The first-order valence-electron chi connectivity index (χ1n) is 4.97. The Morgan fingerprint density at radius 2 is 2.33 bits per heavy atom. The number of aryl methyl sites for hydroxylation is 1. The SMILES string of the molecule is OCCCCc1nc(-c2ccc[nH]2)no1. The van der Waals surface area contributed by atoms with Crippen LogP contribution in [0.3, 0.4) is 0 Å². The molecular weight excluding hydrogens is 194 g/mol. The van der Waals surface area contributed by atoms with Gasteiger partial charge in [-0.05, 0) is 25.0 Å².